The fourth-order valence-corrected chi connectivity index (χ4v) is 4.69. The highest BCUT2D eigenvalue weighted by Crippen LogP contribution is 2.11. The number of nitrogens with zero attached hydrogens (tertiary/aromatic N) is 3. The third-order valence-electron chi connectivity index (χ3n) is 6.46. The minimum Gasteiger partial charge on any atom is -0.348 e. The van der Waals surface area contributed by atoms with E-state index in [1.54, 1.807) is 24.3 Å². The molecular formula is C30H41N7O5S. The van der Waals surface area contributed by atoms with E-state index in [1.807, 2.05) is 44.2 Å². The zero-order chi connectivity index (χ0) is 32.0. The second-order valence-corrected chi connectivity index (χ2v) is 12.8. The van der Waals surface area contributed by atoms with Crippen LogP contribution in [-0.4, -0.2) is 56.6 Å². The summed E-state index contributed by atoms with van der Waals surface area (Å²) in [6, 6.07) is 12.7. The molecule has 13 heteroatoms. The number of benzene rings is 2. The molecule has 0 saturated carbocycles. The summed E-state index contributed by atoms with van der Waals surface area (Å²) >= 11 is 0. The first-order valence-electron chi connectivity index (χ1n) is 14.0. The van der Waals surface area contributed by atoms with Crippen molar-refractivity contribution in [3.8, 4) is 0 Å². The Morgan fingerprint density at radius 2 is 1.49 bits per heavy atom. The highest BCUT2D eigenvalue weighted by Gasteiger charge is 2.28. The quantitative estimate of drug-likeness (QED) is 0.128. The van der Waals surface area contributed by atoms with Gasteiger partial charge in [-0.25, -0.2) is 8.42 Å². The first-order chi connectivity index (χ1) is 20.3. The van der Waals surface area contributed by atoms with Crippen LogP contribution in [0.25, 0.3) is 10.4 Å². The number of carbonyl (C=O) groups is 3. The van der Waals surface area contributed by atoms with Gasteiger partial charge < -0.3 is 21.7 Å². The van der Waals surface area contributed by atoms with Crippen LogP contribution in [0.2, 0.25) is 0 Å². The lowest BCUT2D eigenvalue weighted by Gasteiger charge is -2.25. The molecule has 2 rings (SSSR count). The van der Waals surface area contributed by atoms with E-state index in [9.17, 15) is 22.8 Å². The van der Waals surface area contributed by atoms with E-state index in [0.717, 1.165) is 28.4 Å². The summed E-state index contributed by atoms with van der Waals surface area (Å²) in [5.74, 6) is -1.71. The molecule has 3 amide bonds. The average molecular weight is 612 g/mol. The Hall–Kier alpha value is -4.19. The Morgan fingerprint density at radius 1 is 0.884 bits per heavy atom. The van der Waals surface area contributed by atoms with E-state index in [0.29, 0.717) is 13.0 Å². The molecule has 0 aliphatic carbocycles. The summed E-state index contributed by atoms with van der Waals surface area (Å²) in [5, 5.41) is 12.8. The van der Waals surface area contributed by atoms with E-state index in [1.165, 1.54) is 13.0 Å². The van der Waals surface area contributed by atoms with Crippen LogP contribution in [0.4, 0.5) is 0 Å². The molecule has 5 N–H and O–H groups in total. The van der Waals surface area contributed by atoms with Crippen LogP contribution in [0.5, 0.6) is 0 Å². The Morgan fingerprint density at radius 3 is 2.05 bits per heavy atom. The lowest BCUT2D eigenvalue weighted by Crippen LogP contribution is -2.55. The third kappa shape index (κ3) is 13.1. The summed E-state index contributed by atoms with van der Waals surface area (Å²) in [7, 11) is -3.45. The number of rotatable bonds is 16. The van der Waals surface area contributed by atoms with Crippen LogP contribution >= 0.6 is 0 Å². The van der Waals surface area contributed by atoms with Crippen LogP contribution < -0.4 is 21.7 Å². The molecule has 12 nitrogen and oxygen atoms in total. The Labute approximate surface area is 253 Å². The SMILES string of the molecule is CC(C)CC(NC(=O)C(Cc1ccccc1)N=[N+]=[N-])C(=O)NC(C)C(=O)NC(C=CS(C)(=O)=O)Cc1ccc(CN)cc1. The van der Waals surface area contributed by atoms with Crippen molar-refractivity contribution in [1.82, 2.24) is 16.0 Å². The summed E-state index contributed by atoms with van der Waals surface area (Å²) in [5.41, 5.74) is 17.2. The Bertz CT molecular complexity index is 1410. The van der Waals surface area contributed by atoms with Gasteiger partial charge in [-0.15, -0.1) is 0 Å². The summed E-state index contributed by atoms with van der Waals surface area (Å²) in [4.78, 5) is 42.2. The van der Waals surface area contributed by atoms with Crippen LogP contribution in [0.15, 0.2) is 71.2 Å². The van der Waals surface area contributed by atoms with E-state index >= 15 is 0 Å². The topological polar surface area (TPSA) is 196 Å². The second kappa shape index (κ2) is 17.1. The fraction of sp³-hybridized carbons (Fsp3) is 0.433. The Kier molecular flexibility index (Phi) is 13.9. The van der Waals surface area contributed by atoms with Gasteiger partial charge in [0, 0.05) is 23.1 Å². The van der Waals surface area contributed by atoms with Gasteiger partial charge in [-0.1, -0.05) is 79.6 Å². The number of carbonyl (C=O) groups excluding carboxylic acids is 3. The third-order valence-corrected chi connectivity index (χ3v) is 7.11. The number of hydrogen-bond donors (Lipinski definition) is 4. The molecule has 43 heavy (non-hydrogen) atoms. The zero-order valence-electron chi connectivity index (χ0n) is 24.9. The number of amides is 3. The van der Waals surface area contributed by atoms with E-state index in [-0.39, 0.29) is 18.8 Å². The van der Waals surface area contributed by atoms with Crippen molar-refractivity contribution in [2.45, 2.75) is 70.7 Å². The molecule has 2 aromatic carbocycles. The van der Waals surface area contributed by atoms with Crippen molar-refractivity contribution in [2.24, 2.45) is 16.8 Å². The van der Waals surface area contributed by atoms with Gasteiger partial charge in [0.2, 0.25) is 17.7 Å². The first-order valence-corrected chi connectivity index (χ1v) is 15.9. The van der Waals surface area contributed by atoms with E-state index in [2.05, 4.69) is 26.0 Å². The molecule has 0 spiro atoms. The molecule has 0 saturated heterocycles. The van der Waals surface area contributed by atoms with Crippen LogP contribution in [0.1, 0.15) is 43.9 Å². The number of nitrogens with one attached hydrogen (secondary N) is 3. The van der Waals surface area contributed by atoms with Gasteiger partial charge in [0.05, 0.1) is 6.04 Å². The molecule has 0 aliphatic rings. The van der Waals surface area contributed by atoms with Gasteiger partial charge in [0.15, 0.2) is 9.84 Å². The van der Waals surface area contributed by atoms with Gasteiger partial charge in [-0.05, 0) is 54.3 Å². The highest BCUT2D eigenvalue weighted by molar-refractivity contribution is 7.93. The molecular weight excluding hydrogens is 570 g/mol. The maximum Gasteiger partial charge on any atom is 0.243 e. The molecule has 232 valence electrons. The number of sulfone groups is 1. The summed E-state index contributed by atoms with van der Waals surface area (Å²) in [6.45, 7) is 5.64. The Balaban J connectivity index is 2.13. The van der Waals surface area contributed by atoms with Crippen molar-refractivity contribution in [3.05, 3.63) is 93.2 Å². The van der Waals surface area contributed by atoms with Crippen LogP contribution in [0, 0.1) is 5.92 Å². The van der Waals surface area contributed by atoms with Crippen LogP contribution in [0.3, 0.4) is 0 Å². The van der Waals surface area contributed by atoms with Gasteiger partial charge in [0.1, 0.15) is 18.1 Å². The maximum atomic E-state index is 13.2. The minimum absolute atomic E-state index is 0.0170. The molecule has 0 fully saturated rings. The largest absolute Gasteiger partial charge is 0.348 e. The standard InChI is InChI=1S/C30H41N7O5S/c1-20(2)16-26(35-30(40)27(36-37-32)18-22-8-6-5-7-9-22)29(39)33-21(3)28(38)34-25(14-15-43(4,41)42)17-23-10-12-24(19-31)13-11-23/h5-15,20-21,25-27H,16-19,31H2,1-4H3,(H,33,39)(H,34,38)(H,35,40). The molecule has 0 aromatic heterocycles. The normalized spacial score (nSPS) is 14.3. The van der Waals surface area contributed by atoms with Crippen molar-refractivity contribution in [3.63, 3.8) is 0 Å². The minimum atomic E-state index is -3.45. The molecule has 0 heterocycles. The molecule has 0 radical (unpaired) electrons. The monoisotopic (exact) mass is 611 g/mol. The number of hydrogen-bond acceptors (Lipinski definition) is 7. The highest BCUT2D eigenvalue weighted by atomic mass is 32.2. The van der Waals surface area contributed by atoms with Crippen molar-refractivity contribution < 1.29 is 22.8 Å². The van der Waals surface area contributed by atoms with Gasteiger partial charge in [-0.2, -0.15) is 0 Å². The molecule has 2 aromatic rings. The van der Waals surface area contributed by atoms with Crippen molar-refractivity contribution >= 4 is 27.6 Å². The lowest BCUT2D eigenvalue weighted by molar-refractivity contribution is -0.132. The molecule has 0 bridgehead atoms. The van der Waals surface area contributed by atoms with E-state index in [4.69, 9.17) is 11.3 Å². The molecule has 4 atom stereocenters. The van der Waals surface area contributed by atoms with Gasteiger partial charge in [-0.3, -0.25) is 14.4 Å². The average Bonchev–Trinajstić information content (AvgIpc) is 2.95. The number of azide groups is 1. The van der Waals surface area contributed by atoms with Crippen molar-refractivity contribution in [2.75, 3.05) is 6.26 Å². The lowest BCUT2D eigenvalue weighted by atomic mass is 10.0. The summed E-state index contributed by atoms with van der Waals surface area (Å²) < 4.78 is 23.5. The smallest absolute Gasteiger partial charge is 0.243 e. The van der Waals surface area contributed by atoms with E-state index < -0.39 is 51.7 Å². The zero-order valence-corrected chi connectivity index (χ0v) is 25.8. The number of nitrogens with two attached hydrogens (primary N) is 1. The first kappa shape index (κ1) is 35.0. The second-order valence-electron chi connectivity index (χ2n) is 10.8. The predicted molar refractivity (Wildman–Crippen MR) is 166 cm³/mol. The van der Waals surface area contributed by atoms with Crippen molar-refractivity contribution in [1.29, 1.82) is 0 Å². The van der Waals surface area contributed by atoms with Gasteiger partial charge >= 0.3 is 0 Å². The predicted octanol–water partition coefficient (Wildman–Crippen LogP) is 2.69. The van der Waals surface area contributed by atoms with Gasteiger partial charge in [0.25, 0.3) is 0 Å². The molecule has 0 aliphatic heterocycles. The van der Waals surface area contributed by atoms with Crippen LogP contribution in [-0.2, 0) is 43.6 Å². The summed E-state index contributed by atoms with van der Waals surface area (Å²) in [6.07, 6.45) is 3.18. The fourth-order valence-electron chi connectivity index (χ4n) is 4.21. The molecule has 4 unspecified atom stereocenters. The maximum absolute atomic E-state index is 13.2.